The molecule has 0 spiro atoms. The predicted octanol–water partition coefficient (Wildman–Crippen LogP) is 4.37. The Labute approximate surface area is 165 Å². The van der Waals surface area contributed by atoms with Gasteiger partial charge in [0.2, 0.25) is 5.78 Å². The molecule has 2 aromatic carbocycles. The Morgan fingerprint density at radius 2 is 1.86 bits per heavy atom. The largest absolute Gasteiger partial charge is 0.497 e. The number of hydrogen-bond acceptors (Lipinski definition) is 5. The first-order valence-corrected chi connectivity index (χ1v) is 9.84. The minimum absolute atomic E-state index is 0.710. The number of methoxy groups -OCH3 is 1. The van der Waals surface area contributed by atoms with Crippen molar-refractivity contribution in [1.29, 1.82) is 0 Å². The highest BCUT2D eigenvalue weighted by Crippen LogP contribution is 2.30. The van der Waals surface area contributed by atoms with Crippen molar-refractivity contribution >= 4 is 28.6 Å². The number of hydrogen-bond donors (Lipinski definition) is 0. The molecule has 138 valence electrons. The van der Waals surface area contributed by atoms with Gasteiger partial charge in [-0.2, -0.15) is 0 Å². The van der Waals surface area contributed by atoms with Crippen LogP contribution in [0.2, 0.25) is 0 Å². The van der Waals surface area contributed by atoms with Crippen molar-refractivity contribution in [2.24, 2.45) is 0 Å². The van der Waals surface area contributed by atoms with E-state index >= 15 is 0 Å². The average Bonchev–Trinajstić information content (AvgIpc) is 3.33. The van der Waals surface area contributed by atoms with Crippen LogP contribution in [0.15, 0.2) is 78.3 Å². The smallest absolute Gasteiger partial charge is 0.233 e. The van der Waals surface area contributed by atoms with Gasteiger partial charge >= 0.3 is 0 Å². The minimum Gasteiger partial charge on any atom is -0.497 e. The lowest BCUT2D eigenvalue weighted by molar-refractivity contribution is 0.414. The van der Waals surface area contributed by atoms with Gasteiger partial charge in [-0.15, -0.1) is 0 Å². The van der Waals surface area contributed by atoms with Gasteiger partial charge in [0, 0.05) is 30.0 Å². The maximum absolute atomic E-state index is 5.29. The molecular weight excluding hydrogens is 370 g/mol. The van der Waals surface area contributed by atoms with E-state index < -0.39 is 0 Å². The highest BCUT2D eigenvalue weighted by molar-refractivity contribution is 7.98. The van der Waals surface area contributed by atoms with E-state index in [1.807, 2.05) is 65.3 Å². The van der Waals surface area contributed by atoms with E-state index in [1.165, 1.54) is 0 Å². The third-order valence-corrected chi connectivity index (χ3v) is 5.47. The first-order chi connectivity index (χ1) is 13.8. The molecule has 0 radical (unpaired) electrons. The molecule has 5 aromatic rings. The number of thioether (sulfide) groups is 1. The second kappa shape index (κ2) is 7.01. The lowest BCUT2D eigenvalue weighted by Crippen LogP contribution is -1.97. The summed E-state index contributed by atoms with van der Waals surface area (Å²) < 4.78 is 9.40. The predicted molar refractivity (Wildman–Crippen MR) is 110 cm³/mol. The molecule has 5 rings (SSSR count). The molecule has 3 heterocycles. The molecule has 0 N–H and O–H groups in total. The Balaban J connectivity index is 1.52. The standard InChI is InChI=1S/C21H17N5OS/c1-27-17-9-7-16(8-10-17)26-19-6-3-2-5-18(19)24-21(26)28-14-15-13-25-12-4-11-22-20(25)23-15/h2-13H,14H2,1H3. The molecule has 0 aliphatic carbocycles. The van der Waals surface area contributed by atoms with Crippen LogP contribution >= 0.6 is 11.8 Å². The molecule has 7 heteroatoms. The normalized spacial score (nSPS) is 11.3. The number of rotatable bonds is 5. The molecule has 0 aliphatic heterocycles. The summed E-state index contributed by atoms with van der Waals surface area (Å²) in [5, 5.41) is 0.927. The summed E-state index contributed by atoms with van der Waals surface area (Å²) in [5.74, 6) is 2.25. The zero-order valence-corrected chi connectivity index (χ0v) is 16.0. The van der Waals surface area contributed by atoms with E-state index in [-0.39, 0.29) is 0 Å². The van der Waals surface area contributed by atoms with Gasteiger partial charge in [0.25, 0.3) is 0 Å². The summed E-state index contributed by atoms with van der Waals surface area (Å²) in [6.07, 6.45) is 5.72. The van der Waals surface area contributed by atoms with Crippen LogP contribution in [-0.4, -0.2) is 31.0 Å². The van der Waals surface area contributed by atoms with E-state index in [9.17, 15) is 0 Å². The van der Waals surface area contributed by atoms with Crippen molar-refractivity contribution in [2.75, 3.05) is 7.11 Å². The summed E-state index contributed by atoms with van der Waals surface area (Å²) in [5.41, 5.74) is 4.06. The van der Waals surface area contributed by atoms with Crippen LogP contribution in [0, 0.1) is 0 Å². The van der Waals surface area contributed by atoms with E-state index in [0.717, 1.165) is 33.3 Å². The lowest BCUT2D eigenvalue weighted by atomic mass is 10.2. The summed E-state index contributed by atoms with van der Waals surface area (Å²) in [6, 6.07) is 18.1. The second-order valence-corrected chi connectivity index (χ2v) is 7.21. The summed E-state index contributed by atoms with van der Waals surface area (Å²) in [4.78, 5) is 13.7. The fourth-order valence-corrected chi connectivity index (χ4v) is 4.08. The van der Waals surface area contributed by atoms with Crippen molar-refractivity contribution in [1.82, 2.24) is 23.9 Å². The Morgan fingerprint density at radius 1 is 1.00 bits per heavy atom. The molecule has 0 saturated heterocycles. The molecule has 28 heavy (non-hydrogen) atoms. The molecule has 3 aromatic heterocycles. The molecule has 0 bridgehead atoms. The van der Waals surface area contributed by atoms with E-state index in [0.29, 0.717) is 11.5 Å². The minimum atomic E-state index is 0.710. The van der Waals surface area contributed by atoms with E-state index in [1.54, 1.807) is 25.1 Å². The number of para-hydroxylation sites is 2. The summed E-state index contributed by atoms with van der Waals surface area (Å²) >= 11 is 1.66. The third-order valence-electron chi connectivity index (χ3n) is 4.50. The molecule has 6 nitrogen and oxygen atoms in total. The van der Waals surface area contributed by atoms with Gasteiger partial charge in [0.1, 0.15) is 5.75 Å². The van der Waals surface area contributed by atoms with Gasteiger partial charge in [-0.1, -0.05) is 23.9 Å². The SMILES string of the molecule is COc1ccc(-n2c(SCc3cn4cccnc4n3)nc3ccccc32)cc1. The van der Waals surface area contributed by atoms with Crippen molar-refractivity contribution in [3.8, 4) is 11.4 Å². The van der Waals surface area contributed by atoms with Gasteiger partial charge in [0.05, 0.1) is 23.8 Å². The number of aromatic nitrogens is 5. The quantitative estimate of drug-likeness (QED) is 0.419. The number of nitrogens with zero attached hydrogens (tertiary/aromatic N) is 5. The first kappa shape index (κ1) is 16.8. The molecule has 0 unspecified atom stereocenters. The van der Waals surface area contributed by atoms with Crippen molar-refractivity contribution < 1.29 is 4.74 Å². The Kier molecular flexibility index (Phi) is 4.21. The van der Waals surface area contributed by atoms with Crippen molar-refractivity contribution in [2.45, 2.75) is 10.9 Å². The van der Waals surface area contributed by atoms with Gasteiger partial charge in [-0.05, 0) is 42.5 Å². The zero-order valence-electron chi connectivity index (χ0n) is 15.2. The second-order valence-electron chi connectivity index (χ2n) is 6.26. The monoisotopic (exact) mass is 387 g/mol. The van der Waals surface area contributed by atoms with Gasteiger partial charge in [-0.25, -0.2) is 15.0 Å². The average molecular weight is 387 g/mol. The molecule has 0 aliphatic rings. The van der Waals surface area contributed by atoms with Crippen LogP contribution in [0.25, 0.3) is 22.5 Å². The van der Waals surface area contributed by atoms with Gasteiger partial charge in [0.15, 0.2) is 5.16 Å². The number of fused-ring (bicyclic) bond motifs is 2. The summed E-state index contributed by atoms with van der Waals surface area (Å²) in [6.45, 7) is 0. The Morgan fingerprint density at radius 3 is 2.68 bits per heavy atom. The van der Waals surface area contributed by atoms with Crippen molar-refractivity contribution in [3.63, 3.8) is 0 Å². The number of imidazole rings is 2. The lowest BCUT2D eigenvalue weighted by Gasteiger charge is -2.09. The van der Waals surface area contributed by atoms with Crippen LogP contribution in [0.4, 0.5) is 0 Å². The van der Waals surface area contributed by atoms with Crippen LogP contribution in [0.1, 0.15) is 5.69 Å². The highest BCUT2D eigenvalue weighted by atomic mass is 32.2. The number of ether oxygens (including phenoxy) is 1. The third kappa shape index (κ3) is 2.99. The maximum Gasteiger partial charge on any atom is 0.233 e. The van der Waals surface area contributed by atoms with Gasteiger partial charge in [-0.3, -0.25) is 8.97 Å². The highest BCUT2D eigenvalue weighted by Gasteiger charge is 2.14. The molecule has 0 amide bonds. The summed E-state index contributed by atoms with van der Waals surface area (Å²) in [7, 11) is 1.67. The zero-order chi connectivity index (χ0) is 18.9. The van der Waals surface area contributed by atoms with Crippen LogP contribution < -0.4 is 4.74 Å². The molecule has 0 atom stereocenters. The van der Waals surface area contributed by atoms with Crippen LogP contribution in [0.5, 0.6) is 5.75 Å². The first-order valence-electron chi connectivity index (χ1n) is 8.85. The fraction of sp³-hybridized carbons (Fsp3) is 0.0952. The molecule has 0 fully saturated rings. The Hall–Kier alpha value is -3.32. The van der Waals surface area contributed by atoms with Crippen LogP contribution in [-0.2, 0) is 5.75 Å². The molecule has 0 saturated carbocycles. The van der Waals surface area contributed by atoms with E-state index in [2.05, 4.69) is 20.6 Å². The Bertz CT molecular complexity index is 1230. The topological polar surface area (TPSA) is 57.2 Å². The van der Waals surface area contributed by atoms with Crippen molar-refractivity contribution in [3.05, 3.63) is 78.9 Å². The van der Waals surface area contributed by atoms with Gasteiger partial charge < -0.3 is 4.74 Å². The van der Waals surface area contributed by atoms with E-state index in [4.69, 9.17) is 9.72 Å². The number of benzene rings is 2. The van der Waals surface area contributed by atoms with Crippen LogP contribution in [0.3, 0.4) is 0 Å². The maximum atomic E-state index is 5.29. The molecular formula is C21H17N5OS. The fourth-order valence-electron chi connectivity index (χ4n) is 3.17.